The number of anilines is 1. The molecule has 0 amide bonds. The number of piperazine rings is 1. The topological polar surface area (TPSA) is 79.5 Å². The van der Waals surface area contributed by atoms with E-state index in [1.165, 1.54) is 27.6 Å². The summed E-state index contributed by atoms with van der Waals surface area (Å²) in [5, 5.41) is 5.58. The van der Waals surface area contributed by atoms with Crippen LogP contribution in [-0.2, 0) is 10.0 Å². The Hall–Kier alpha value is -3.08. The molecule has 1 fully saturated rings. The highest BCUT2D eigenvalue weighted by molar-refractivity contribution is 7.91. The molecule has 34 heavy (non-hydrogen) atoms. The van der Waals surface area contributed by atoms with Crippen LogP contribution in [0, 0.1) is 19.7 Å². The summed E-state index contributed by atoms with van der Waals surface area (Å²) < 4.78 is 47.1. The van der Waals surface area contributed by atoms with Crippen LogP contribution >= 0.6 is 11.3 Å². The van der Waals surface area contributed by atoms with E-state index >= 15 is 0 Å². The van der Waals surface area contributed by atoms with Gasteiger partial charge in [0.2, 0.25) is 5.82 Å². The molecule has 0 unspecified atom stereocenters. The first-order valence-electron chi connectivity index (χ1n) is 10.8. The van der Waals surface area contributed by atoms with Crippen LogP contribution in [0.3, 0.4) is 0 Å². The van der Waals surface area contributed by atoms with Crippen LogP contribution in [0.25, 0.3) is 22.8 Å². The Morgan fingerprint density at radius 3 is 2.53 bits per heavy atom. The molecule has 0 spiro atoms. The maximum atomic E-state index is 13.5. The van der Waals surface area contributed by atoms with Crippen molar-refractivity contribution in [3.63, 3.8) is 0 Å². The minimum atomic E-state index is -3.64. The molecule has 2 aromatic heterocycles. The molecule has 0 radical (unpaired) electrons. The zero-order valence-electron chi connectivity index (χ0n) is 18.7. The van der Waals surface area contributed by atoms with Gasteiger partial charge in [-0.05, 0) is 49.2 Å². The van der Waals surface area contributed by atoms with Crippen LogP contribution in [0.4, 0.5) is 10.1 Å². The Kier molecular flexibility index (Phi) is 5.97. The third kappa shape index (κ3) is 4.24. The molecule has 7 nitrogen and oxygen atoms in total. The van der Waals surface area contributed by atoms with Crippen LogP contribution in [0.1, 0.15) is 11.1 Å². The van der Waals surface area contributed by atoms with Crippen molar-refractivity contribution in [2.75, 3.05) is 31.1 Å². The Labute approximate surface area is 201 Å². The van der Waals surface area contributed by atoms with E-state index < -0.39 is 15.8 Å². The molecule has 3 heterocycles. The van der Waals surface area contributed by atoms with Crippen molar-refractivity contribution in [1.29, 1.82) is 0 Å². The predicted molar refractivity (Wildman–Crippen MR) is 130 cm³/mol. The van der Waals surface area contributed by atoms with Crippen molar-refractivity contribution in [3.05, 3.63) is 70.9 Å². The number of thiophene rings is 1. The van der Waals surface area contributed by atoms with E-state index in [0.29, 0.717) is 37.3 Å². The van der Waals surface area contributed by atoms with E-state index in [1.54, 1.807) is 23.6 Å². The molecular weight excluding hydrogens is 475 g/mol. The molecular formula is C24H23FN4O3S2. The van der Waals surface area contributed by atoms with Gasteiger partial charge in [-0.2, -0.15) is 9.29 Å². The normalized spacial score (nSPS) is 15.1. The number of hydrogen-bond donors (Lipinski definition) is 0. The van der Waals surface area contributed by atoms with Gasteiger partial charge in [-0.3, -0.25) is 0 Å². The second-order valence-electron chi connectivity index (χ2n) is 8.20. The molecule has 5 rings (SSSR count). The molecule has 0 bridgehead atoms. The van der Waals surface area contributed by atoms with Crippen molar-refractivity contribution in [2.24, 2.45) is 0 Å². The SMILES string of the molecule is Cc1cccc(N2CCN(S(=O)(=O)c3cc(-c4nc(-c5cccc(F)c5)no4)cs3)CC2)c1C. The third-order valence-electron chi connectivity index (χ3n) is 6.08. The monoisotopic (exact) mass is 498 g/mol. The van der Waals surface area contributed by atoms with Crippen molar-refractivity contribution in [2.45, 2.75) is 18.1 Å². The molecule has 1 saturated heterocycles. The quantitative estimate of drug-likeness (QED) is 0.396. The van der Waals surface area contributed by atoms with Gasteiger partial charge in [0, 0.05) is 42.8 Å². The number of hydrogen-bond acceptors (Lipinski definition) is 7. The van der Waals surface area contributed by atoms with Gasteiger partial charge < -0.3 is 9.42 Å². The van der Waals surface area contributed by atoms with Crippen LogP contribution in [-0.4, -0.2) is 49.0 Å². The maximum Gasteiger partial charge on any atom is 0.259 e. The molecule has 0 atom stereocenters. The number of halogens is 1. The lowest BCUT2D eigenvalue weighted by Crippen LogP contribution is -2.48. The van der Waals surface area contributed by atoms with Crippen molar-refractivity contribution in [3.8, 4) is 22.8 Å². The third-order valence-corrected chi connectivity index (χ3v) is 9.39. The summed E-state index contributed by atoms with van der Waals surface area (Å²) in [4.78, 5) is 6.54. The fraction of sp³-hybridized carbons (Fsp3) is 0.250. The van der Waals surface area contributed by atoms with E-state index in [-0.39, 0.29) is 15.9 Å². The molecule has 0 N–H and O–H groups in total. The van der Waals surface area contributed by atoms with Gasteiger partial charge in [0.25, 0.3) is 15.9 Å². The molecule has 4 aromatic rings. The first-order valence-corrected chi connectivity index (χ1v) is 13.1. The summed E-state index contributed by atoms with van der Waals surface area (Å²) >= 11 is 1.12. The van der Waals surface area contributed by atoms with Crippen molar-refractivity contribution in [1.82, 2.24) is 14.4 Å². The first-order chi connectivity index (χ1) is 16.3. The fourth-order valence-corrected chi connectivity index (χ4v) is 6.75. The van der Waals surface area contributed by atoms with Gasteiger partial charge in [0.05, 0.1) is 5.56 Å². The largest absolute Gasteiger partial charge is 0.369 e. The van der Waals surface area contributed by atoms with E-state index in [0.717, 1.165) is 17.0 Å². The highest BCUT2D eigenvalue weighted by Gasteiger charge is 2.31. The molecule has 1 aliphatic heterocycles. The minimum absolute atomic E-state index is 0.191. The van der Waals surface area contributed by atoms with Gasteiger partial charge in [-0.1, -0.05) is 29.4 Å². The Balaban J connectivity index is 1.31. The lowest BCUT2D eigenvalue weighted by atomic mass is 10.1. The van der Waals surface area contributed by atoms with E-state index in [4.69, 9.17) is 4.52 Å². The molecule has 176 valence electrons. The lowest BCUT2D eigenvalue weighted by molar-refractivity contribution is 0.385. The van der Waals surface area contributed by atoms with E-state index in [2.05, 4.69) is 41.0 Å². The van der Waals surface area contributed by atoms with Crippen LogP contribution in [0.15, 0.2) is 62.6 Å². The van der Waals surface area contributed by atoms with Gasteiger partial charge in [-0.15, -0.1) is 11.3 Å². The van der Waals surface area contributed by atoms with Gasteiger partial charge >= 0.3 is 0 Å². The van der Waals surface area contributed by atoms with Crippen LogP contribution in [0.5, 0.6) is 0 Å². The standard InChI is InChI=1S/C24H23FN4O3S2/c1-16-5-3-8-21(17(16)2)28-9-11-29(12-10-28)34(30,31)22-14-19(15-33-22)24-26-23(27-32-24)18-6-4-7-20(25)13-18/h3-8,13-15H,9-12H2,1-2H3. The number of aryl methyl sites for hydroxylation is 1. The summed E-state index contributed by atoms with van der Waals surface area (Å²) in [6.07, 6.45) is 0. The molecule has 2 aromatic carbocycles. The van der Waals surface area contributed by atoms with Crippen molar-refractivity contribution >= 4 is 27.0 Å². The Bertz CT molecular complexity index is 1440. The lowest BCUT2D eigenvalue weighted by Gasteiger charge is -2.36. The molecule has 10 heteroatoms. The number of benzene rings is 2. The van der Waals surface area contributed by atoms with E-state index in [9.17, 15) is 12.8 Å². The minimum Gasteiger partial charge on any atom is -0.369 e. The molecule has 0 aliphatic carbocycles. The van der Waals surface area contributed by atoms with Crippen molar-refractivity contribution < 1.29 is 17.3 Å². The number of sulfonamides is 1. The summed E-state index contributed by atoms with van der Waals surface area (Å²) in [6.45, 7) is 6.25. The second-order valence-corrected chi connectivity index (χ2v) is 11.3. The highest BCUT2D eigenvalue weighted by atomic mass is 32.2. The fourth-order valence-electron chi connectivity index (χ4n) is 4.02. The van der Waals surface area contributed by atoms with Gasteiger partial charge in [0.1, 0.15) is 10.0 Å². The number of aromatic nitrogens is 2. The zero-order chi connectivity index (χ0) is 23.9. The maximum absolute atomic E-state index is 13.5. The smallest absolute Gasteiger partial charge is 0.259 e. The zero-order valence-corrected chi connectivity index (χ0v) is 20.4. The number of rotatable bonds is 5. The second kappa shape index (κ2) is 8.94. The molecule has 0 saturated carbocycles. The Morgan fingerprint density at radius 1 is 1.00 bits per heavy atom. The predicted octanol–water partition coefficient (Wildman–Crippen LogP) is 4.73. The highest BCUT2D eigenvalue weighted by Crippen LogP contribution is 2.32. The summed E-state index contributed by atoms with van der Waals surface area (Å²) in [5.74, 6) is 0.0368. The van der Waals surface area contributed by atoms with Crippen LogP contribution in [0.2, 0.25) is 0 Å². The van der Waals surface area contributed by atoms with Gasteiger partial charge in [0.15, 0.2) is 0 Å². The van der Waals surface area contributed by atoms with E-state index in [1.807, 2.05) is 6.07 Å². The summed E-state index contributed by atoms with van der Waals surface area (Å²) in [7, 11) is -3.64. The average molecular weight is 499 g/mol. The Morgan fingerprint density at radius 2 is 1.76 bits per heavy atom. The molecule has 1 aliphatic rings. The summed E-state index contributed by atoms with van der Waals surface area (Å²) in [6, 6.07) is 13.7. The van der Waals surface area contributed by atoms with Crippen LogP contribution < -0.4 is 4.90 Å². The number of nitrogens with zero attached hydrogens (tertiary/aromatic N) is 4. The first kappa shape index (κ1) is 22.7. The summed E-state index contributed by atoms with van der Waals surface area (Å²) in [5.41, 5.74) is 4.60. The average Bonchev–Trinajstić information content (AvgIpc) is 3.51. The van der Waals surface area contributed by atoms with Gasteiger partial charge in [-0.25, -0.2) is 12.8 Å².